The number of aryl methyl sites for hydroxylation is 1. The van der Waals surface area contributed by atoms with Gasteiger partial charge in [0.1, 0.15) is 10.8 Å². The third-order valence-electron chi connectivity index (χ3n) is 4.64. The maximum absolute atomic E-state index is 14.1. The van der Waals surface area contributed by atoms with Crippen molar-refractivity contribution in [1.29, 1.82) is 0 Å². The molecule has 0 bridgehead atoms. The van der Waals surface area contributed by atoms with Crippen LogP contribution >= 0.6 is 23.2 Å². The van der Waals surface area contributed by atoms with Crippen LogP contribution in [-0.4, -0.2) is 27.5 Å². The number of hydrogen-bond acceptors (Lipinski definition) is 4. The number of amides is 1. The van der Waals surface area contributed by atoms with Gasteiger partial charge in [0, 0.05) is 12.6 Å². The summed E-state index contributed by atoms with van der Waals surface area (Å²) in [4.78, 5) is 17.8. The van der Waals surface area contributed by atoms with Gasteiger partial charge in [0.2, 0.25) is 6.10 Å². The van der Waals surface area contributed by atoms with Crippen LogP contribution in [0.1, 0.15) is 23.1 Å². The summed E-state index contributed by atoms with van der Waals surface area (Å²) in [5, 5.41) is 11.3. The van der Waals surface area contributed by atoms with Gasteiger partial charge in [0.05, 0.1) is 22.8 Å². The van der Waals surface area contributed by atoms with Gasteiger partial charge in [-0.2, -0.15) is 5.10 Å². The molecule has 1 N–H and O–H groups in total. The normalized spacial score (nSPS) is 15.6. The SMILES string of the molecule is Cc1ccc(Cn2cc(Cl)c(NC(=O)C3CC(c4c(F)cccc4Cl)=NO3)n2)cc1. The molecule has 0 aliphatic carbocycles. The number of benzene rings is 2. The predicted octanol–water partition coefficient (Wildman–Crippen LogP) is 4.82. The molecular weight excluding hydrogens is 430 g/mol. The molecule has 0 radical (unpaired) electrons. The highest BCUT2D eigenvalue weighted by atomic mass is 35.5. The van der Waals surface area contributed by atoms with Crippen molar-refractivity contribution in [2.45, 2.75) is 26.0 Å². The number of carbonyl (C=O) groups is 1. The summed E-state index contributed by atoms with van der Waals surface area (Å²) in [7, 11) is 0. The first kappa shape index (κ1) is 20.4. The predicted molar refractivity (Wildman–Crippen MR) is 114 cm³/mol. The van der Waals surface area contributed by atoms with Gasteiger partial charge in [-0.05, 0) is 24.6 Å². The summed E-state index contributed by atoms with van der Waals surface area (Å²) in [6, 6.07) is 12.4. The number of carbonyl (C=O) groups excluding carboxylic acids is 1. The molecule has 2 aromatic carbocycles. The van der Waals surface area contributed by atoms with Crippen LogP contribution in [0.15, 0.2) is 53.8 Å². The number of hydrogen-bond donors (Lipinski definition) is 1. The highest BCUT2D eigenvalue weighted by Gasteiger charge is 2.32. The van der Waals surface area contributed by atoms with Gasteiger partial charge in [-0.1, -0.05) is 64.3 Å². The van der Waals surface area contributed by atoms with Gasteiger partial charge < -0.3 is 10.2 Å². The molecule has 4 rings (SSSR count). The Morgan fingerprint density at radius 2 is 2.00 bits per heavy atom. The van der Waals surface area contributed by atoms with Gasteiger partial charge in [-0.3, -0.25) is 9.48 Å². The van der Waals surface area contributed by atoms with E-state index >= 15 is 0 Å². The zero-order valence-electron chi connectivity index (χ0n) is 15.9. The molecule has 9 heteroatoms. The van der Waals surface area contributed by atoms with Crippen molar-refractivity contribution >= 4 is 40.6 Å². The Hall–Kier alpha value is -2.90. The van der Waals surface area contributed by atoms with Gasteiger partial charge in [0.25, 0.3) is 5.91 Å². The smallest absolute Gasteiger partial charge is 0.269 e. The number of nitrogens with zero attached hydrogens (tertiary/aromatic N) is 3. The highest BCUT2D eigenvalue weighted by Crippen LogP contribution is 2.27. The topological polar surface area (TPSA) is 68.5 Å². The quantitative estimate of drug-likeness (QED) is 0.610. The van der Waals surface area contributed by atoms with Gasteiger partial charge >= 0.3 is 0 Å². The molecule has 6 nitrogen and oxygen atoms in total. The van der Waals surface area contributed by atoms with E-state index in [0.717, 1.165) is 5.56 Å². The fraction of sp³-hybridized carbons (Fsp3) is 0.190. The summed E-state index contributed by atoms with van der Waals surface area (Å²) in [6.45, 7) is 2.53. The van der Waals surface area contributed by atoms with E-state index in [1.54, 1.807) is 16.9 Å². The second-order valence-corrected chi connectivity index (χ2v) is 7.75. The van der Waals surface area contributed by atoms with E-state index in [0.29, 0.717) is 11.6 Å². The highest BCUT2D eigenvalue weighted by molar-refractivity contribution is 6.34. The van der Waals surface area contributed by atoms with E-state index in [2.05, 4.69) is 15.6 Å². The lowest BCUT2D eigenvalue weighted by atomic mass is 10.0. The third-order valence-corrected chi connectivity index (χ3v) is 5.23. The summed E-state index contributed by atoms with van der Waals surface area (Å²) >= 11 is 12.3. The Balaban J connectivity index is 1.41. The molecule has 154 valence electrons. The molecule has 0 spiro atoms. The van der Waals surface area contributed by atoms with Crippen molar-refractivity contribution in [2.75, 3.05) is 5.32 Å². The lowest BCUT2D eigenvalue weighted by Crippen LogP contribution is -2.28. The zero-order chi connectivity index (χ0) is 21.3. The van der Waals surface area contributed by atoms with Crippen LogP contribution in [0.3, 0.4) is 0 Å². The van der Waals surface area contributed by atoms with Gasteiger partial charge in [-0.15, -0.1) is 0 Å². The van der Waals surface area contributed by atoms with Crippen molar-refractivity contribution in [3.05, 3.63) is 81.2 Å². The number of nitrogens with one attached hydrogen (secondary N) is 1. The first-order valence-corrected chi connectivity index (χ1v) is 9.93. The first-order valence-electron chi connectivity index (χ1n) is 9.17. The molecule has 1 aliphatic rings. The van der Waals surface area contributed by atoms with E-state index < -0.39 is 17.8 Å². The van der Waals surface area contributed by atoms with Crippen LogP contribution in [0.4, 0.5) is 10.2 Å². The van der Waals surface area contributed by atoms with Crippen LogP contribution in [0.5, 0.6) is 0 Å². The Labute approximate surface area is 182 Å². The fourth-order valence-corrected chi connectivity index (χ4v) is 3.55. The summed E-state index contributed by atoms with van der Waals surface area (Å²) in [5.41, 5.74) is 2.63. The molecule has 1 amide bonds. The number of anilines is 1. The zero-order valence-corrected chi connectivity index (χ0v) is 17.4. The monoisotopic (exact) mass is 446 g/mol. The third kappa shape index (κ3) is 4.32. The van der Waals surface area contributed by atoms with Crippen LogP contribution in [-0.2, 0) is 16.2 Å². The average molecular weight is 447 g/mol. The van der Waals surface area contributed by atoms with Gasteiger partial charge in [-0.25, -0.2) is 4.39 Å². The van der Waals surface area contributed by atoms with E-state index in [9.17, 15) is 9.18 Å². The van der Waals surface area contributed by atoms with E-state index in [1.807, 2.05) is 31.2 Å². The summed E-state index contributed by atoms with van der Waals surface area (Å²) in [5.74, 6) is -0.790. The van der Waals surface area contributed by atoms with Crippen LogP contribution in [0, 0.1) is 12.7 Å². The molecule has 1 aromatic heterocycles. The van der Waals surface area contributed by atoms with E-state index in [4.69, 9.17) is 28.0 Å². The average Bonchev–Trinajstić information content (AvgIpc) is 3.31. The number of aromatic nitrogens is 2. The molecule has 2 heterocycles. The minimum atomic E-state index is -0.936. The maximum Gasteiger partial charge on any atom is 0.269 e. The fourth-order valence-electron chi connectivity index (χ4n) is 3.08. The number of rotatable bonds is 5. The van der Waals surface area contributed by atoms with Crippen molar-refractivity contribution in [3.8, 4) is 0 Å². The van der Waals surface area contributed by atoms with Crippen LogP contribution in [0.25, 0.3) is 0 Å². The standard InChI is InChI=1S/C21H17Cl2FN4O2/c1-12-5-7-13(8-6-12)10-28-11-15(23)20(26-28)25-21(29)18-9-17(27-30-18)19-14(22)3-2-4-16(19)24/h2-8,11,18H,9-10H2,1H3,(H,25,26,29). The number of oxime groups is 1. The molecule has 1 unspecified atom stereocenters. The van der Waals surface area contributed by atoms with Crippen molar-refractivity contribution in [3.63, 3.8) is 0 Å². The number of halogens is 3. The Morgan fingerprint density at radius 1 is 1.23 bits per heavy atom. The lowest BCUT2D eigenvalue weighted by molar-refractivity contribution is -0.125. The van der Waals surface area contributed by atoms with Crippen molar-refractivity contribution in [1.82, 2.24) is 9.78 Å². The summed E-state index contributed by atoms with van der Waals surface area (Å²) in [6.07, 6.45) is 0.774. The van der Waals surface area contributed by atoms with Crippen molar-refractivity contribution < 1.29 is 14.0 Å². The minimum Gasteiger partial charge on any atom is -0.382 e. The molecule has 0 saturated carbocycles. The largest absolute Gasteiger partial charge is 0.382 e. The molecule has 1 aliphatic heterocycles. The maximum atomic E-state index is 14.1. The molecule has 1 atom stereocenters. The minimum absolute atomic E-state index is 0.0776. The van der Waals surface area contributed by atoms with E-state index in [1.165, 1.54) is 17.7 Å². The molecule has 0 saturated heterocycles. The second-order valence-electron chi connectivity index (χ2n) is 6.93. The second kappa shape index (κ2) is 8.45. The molecular formula is C21H17Cl2FN4O2. The van der Waals surface area contributed by atoms with Crippen LogP contribution < -0.4 is 5.32 Å². The van der Waals surface area contributed by atoms with Gasteiger partial charge in [0.15, 0.2) is 5.82 Å². The molecule has 0 fully saturated rings. The Bertz CT molecular complexity index is 1110. The molecule has 30 heavy (non-hydrogen) atoms. The summed E-state index contributed by atoms with van der Waals surface area (Å²) < 4.78 is 15.7. The molecule has 3 aromatic rings. The Morgan fingerprint density at radius 3 is 2.73 bits per heavy atom. The van der Waals surface area contributed by atoms with E-state index in [-0.39, 0.29) is 28.5 Å². The lowest BCUT2D eigenvalue weighted by Gasteiger charge is -2.08. The Kier molecular flexibility index (Phi) is 5.74. The van der Waals surface area contributed by atoms with Crippen LogP contribution in [0.2, 0.25) is 10.0 Å². The first-order chi connectivity index (χ1) is 14.4. The van der Waals surface area contributed by atoms with Crippen molar-refractivity contribution in [2.24, 2.45) is 5.16 Å².